The second kappa shape index (κ2) is 6.17. The molecule has 0 bridgehead atoms. The number of hydrogen-bond acceptors (Lipinski definition) is 3. The molecule has 3 nitrogen and oxygen atoms in total. The molecular weight excluding hydrogens is 281 g/mol. The van der Waals surface area contributed by atoms with Gasteiger partial charge in [0.1, 0.15) is 17.2 Å². The van der Waals surface area contributed by atoms with Gasteiger partial charge in [-0.1, -0.05) is 12.5 Å². The maximum Gasteiger partial charge on any atom is 0.127 e. The van der Waals surface area contributed by atoms with Crippen LogP contribution in [0, 0.1) is 11.7 Å². The minimum absolute atomic E-state index is 0.145. The van der Waals surface area contributed by atoms with Gasteiger partial charge in [-0.3, -0.25) is 0 Å². The summed E-state index contributed by atoms with van der Waals surface area (Å²) in [4.78, 5) is 0. The molecule has 1 aromatic rings. The summed E-state index contributed by atoms with van der Waals surface area (Å²) in [5, 5.41) is 13.4. The highest BCUT2D eigenvalue weighted by Gasteiger charge is 2.34. The van der Waals surface area contributed by atoms with Crippen molar-refractivity contribution >= 4 is 0 Å². The van der Waals surface area contributed by atoms with Crippen LogP contribution in [0.25, 0.3) is 0 Å². The SMILES string of the molecule is CC1(C)CC(NCC2CCCC(O)C2)c2ccc(F)cc2O1. The zero-order chi connectivity index (χ0) is 15.7. The third kappa shape index (κ3) is 3.61. The van der Waals surface area contributed by atoms with Crippen molar-refractivity contribution in [2.75, 3.05) is 6.54 Å². The van der Waals surface area contributed by atoms with Gasteiger partial charge in [0.05, 0.1) is 6.10 Å². The van der Waals surface area contributed by atoms with E-state index in [2.05, 4.69) is 5.32 Å². The first-order chi connectivity index (χ1) is 10.4. The fourth-order valence-corrected chi connectivity index (χ4v) is 3.76. The number of benzene rings is 1. The van der Waals surface area contributed by atoms with Gasteiger partial charge in [0.2, 0.25) is 0 Å². The molecule has 1 fully saturated rings. The van der Waals surface area contributed by atoms with Crippen molar-refractivity contribution < 1.29 is 14.2 Å². The molecule has 2 aliphatic rings. The molecule has 0 aromatic heterocycles. The van der Waals surface area contributed by atoms with Crippen molar-refractivity contribution in [1.82, 2.24) is 5.32 Å². The van der Waals surface area contributed by atoms with Crippen LogP contribution in [-0.4, -0.2) is 23.4 Å². The van der Waals surface area contributed by atoms with E-state index in [-0.39, 0.29) is 23.6 Å². The van der Waals surface area contributed by atoms with Gasteiger partial charge in [0.15, 0.2) is 0 Å². The lowest BCUT2D eigenvalue weighted by Gasteiger charge is -2.39. The molecule has 2 N–H and O–H groups in total. The highest BCUT2D eigenvalue weighted by molar-refractivity contribution is 5.39. The first kappa shape index (κ1) is 15.8. The minimum Gasteiger partial charge on any atom is -0.487 e. The predicted molar refractivity (Wildman–Crippen MR) is 84.4 cm³/mol. The van der Waals surface area contributed by atoms with Crippen LogP contribution in [0.4, 0.5) is 4.39 Å². The molecule has 0 saturated heterocycles. The first-order valence-electron chi connectivity index (χ1n) is 8.33. The molecule has 3 rings (SSSR count). The number of ether oxygens (including phenoxy) is 1. The number of halogens is 1. The van der Waals surface area contributed by atoms with Gasteiger partial charge in [0.25, 0.3) is 0 Å². The Morgan fingerprint density at radius 3 is 2.95 bits per heavy atom. The van der Waals surface area contributed by atoms with Crippen LogP contribution < -0.4 is 10.1 Å². The van der Waals surface area contributed by atoms with Crippen molar-refractivity contribution in [2.24, 2.45) is 5.92 Å². The first-order valence-corrected chi connectivity index (χ1v) is 8.33. The molecule has 1 heterocycles. The predicted octanol–water partition coefficient (Wildman–Crippen LogP) is 3.57. The van der Waals surface area contributed by atoms with Crippen LogP contribution >= 0.6 is 0 Å². The molecule has 1 aliphatic carbocycles. The maximum absolute atomic E-state index is 13.5. The number of rotatable bonds is 3. The van der Waals surface area contributed by atoms with Crippen LogP contribution in [-0.2, 0) is 0 Å². The Bertz CT molecular complexity index is 532. The van der Waals surface area contributed by atoms with Crippen molar-refractivity contribution in [2.45, 2.75) is 63.7 Å². The Morgan fingerprint density at radius 1 is 1.36 bits per heavy atom. The van der Waals surface area contributed by atoms with Gasteiger partial charge >= 0.3 is 0 Å². The van der Waals surface area contributed by atoms with E-state index in [4.69, 9.17) is 4.74 Å². The van der Waals surface area contributed by atoms with Crippen molar-refractivity contribution in [3.05, 3.63) is 29.6 Å². The van der Waals surface area contributed by atoms with Crippen LogP contribution in [0.5, 0.6) is 5.75 Å². The summed E-state index contributed by atoms with van der Waals surface area (Å²) in [6.45, 7) is 4.98. The molecule has 0 amide bonds. The minimum atomic E-state index is -0.301. The second-order valence-corrected chi connectivity index (χ2v) is 7.40. The third-order valence-electron chi connectivity index (χ3n) is 4.84. The maximum atomic E-state index is 13.5. The largest absolute Gasteiger partial charge is 0.487 e. The van der Waals surface area contributed by atoms with Crippen molar-refractivity contribution in [1.29, 1.82) is 0 Å². The molecule has 1 aliphatic heterocycles. The number of aliphatic hydroxyl groups excluding tert-OH is 1. The van der Waals surface area contributed by atoms with Gasteiger partial charge in [-0.05, 0) is 51.6 Å². The average Bonchev–Trinajstić information content (AvgIpc) is 2.43. The van der Waals surface area contributed by atoms with Gasteiger partial charge in [-0.15, -0.1) is 0 Å². The number of nitrogens with one attached hydrogen (secondary N) is 1. The second-order valence-electron chi connectivity index (χ2n) is 7.40. The number of aliphatic hydroxyl groups is 1. The van der Waals surface area contributed by atoms with Crippen molar-refractivity contribution in [3.8, 4) is 5.75 Å². The third-order valence-corrected chi connectivity index (χ3v) is 4.84. The zero-order valence-electron chi connectivity index (χ0n) is 13.4. The van der Waals surface area contributed by atoms with Gasteiger partial charge in [0, 0.05) is 24.1 Å². The number of hydrogen-bond donors (Lipinski definition) is 2. The quantitative estimate of drug-likeness (QED) is 0.897. The molecule has 3 unspecified atom stereocenters. The summed E-state index contributed by atoms with van der Waals surface area (Å²) in [5.74, 6) is 0.918. The summed E-state index contributed by atoms with van der Waals surface area (Å²) in [5.41, 5.74) is 0.738. The molecule has 22 heavy (non-hydrogen) atoms. The van der Waals surface area contributed by atoms with Gasteiger partial charge < -0.3 is 15.2 Å². The van der Waals surface area contributed by atoms with E-state index in [9.17, 15) is 9.50 Å². The van der Waals surface area contributed by atoms with Gasteiger partial charge in [-0.2, -0.15) is 0 Å². The molecule has 1 saturated carbocycles. The van der Waals surface area contributed by atoms with E-state index in [0.29, 0.717) is 11.7 Å². The van der Waals surface area contributed by atoms with Crippen LogP contribution in [0.3, 0.4) is 0 Å². The van der Waals surface area contributed by atoms with E-state index in [0.717, 1.165) is 37.8 Å². The molecule has 0 spiro atoms. The van der Waals surface area contributed by atoms with E-state index >= 15 is 0 Å². The van der Waals surface area contributed by atoms with E-state index in [1.165, 1.54) is 18.6 Å². The van der Waals surface area contributed by atoms with Crippen LogP contribution in [0.2, 0.25) is 0 Å². The topological polar surface area (TPSA) is 41.5 Å². The fourth-order valence-electron chi connectivity index (χ4n) is 3.76. The Labute approximate surface area is 131 Å². The molecule has 0 radical (unpaired) electrons. The average molecular weight is 307 g/mol. The fraction of sp³-hybridized carbons (Fsp3) is 0.667. The number of fused-ring (bicyclic) bond motifs is 1. The Morgan fingerprint density at radius 2 is 2.18 bits per heavy atom. The Balaban J connectivity index is 1.70. The highest BCUT2D eigenvalue weighted by Crippen LogP contribution is 2.40. The summed E-state index contributed by atoms with van der Waals surface area (Å²) in [6, 6.07) is 4.99. The summed E-state index contributed by atoms with van der Waals surface area (Å²) >= 11 is 0. The van der Waals surface area contributed by atoms with Crippen molar-refractivity contribution in [3.63, 3.8) is 0 Å². The lowest BCUT2D eigenvalue weighted by atomic mass is 9.85. The molecule has 1 aromatic carbocycles. The lowest BCUT2D eigenvalue weighted by molar-refractivity contribution is 0.0611. The van der Waals surface area contributed by atoms with Crippen LogP contribution in [0.1, 0.15) is 57.6 Å². The molecular formula is C18H26FNO2. The zero-order valence-corrected chi connectivity index (χ0v) is 13.4. The van der Waals surface area contributed by atoms with E-state index in [1.54, 1.807) is 0 Å². The van der Waals surface area contributed by atoms with E-state index in [1.807, 2.05) is 19.9 Å². The van der Waals surface area contributed by atoms with Crippen LogP contribution in [0.15, 0.2) is 18.2 Å². The lowest BCUT2D eigenvalue weighted by Crippen LogP contribution is -2.41. The standard InChI is InChI=1S/C18H26FNO2/c1-18(2)10-16(15-7-6-13(19)9-17(15)22-18)20-11-12-4-3-5-14(21)8-12/h6-7,9,12,14,16,20-21H,3-5,8,10-11H2,1-2H3. The molecule has 4 heteroatoms. The molecule has 122 valence electrons. The normalized spacial score (nSPS) is 30.5. The highest BCUT2D eigenvalue weighted by atomic mass is 19.1. The van der Waals surface area contributed by atoms with Gasteiger partial charge in [-0.25, -0.2) is 4.39 Å². The monoisotopic (exact) mass is 307 g/mol. The smallest absolute Gasteiger partial charge is 0.127 e. The van der Waals surface area contributed by atoms with E-state index < -0.39 is 0 Å². The Hall–Kier alpha value is -1.13. The summed E-state index contributed by atoms with van der Waals surface area (Å²) in [6.07, 6.45) is 4.81. The Kier molecular flexibility index (Phi) is 4.42. The molecule has 3 atom stereocenters. The summed E-state index contributed by atoms with van der Waals surface area (Å²) in [7, 11) is 0. The summed E-state index contributed by atoms with van der Waals surface area (Å²) < 4.78 is 19.4.